The molecule has 0 saturated heterocycles. The van der Waals surface area contributed by atoms with Crippen LogP contribution in [0.25, 0.3) is 11.0 Å². The summed E-state index contributed by atoms with van der Waals surface area (Å²) < 4.78 is 12.2. The molecule has 1 aromatic heterocycles. The Morgan fingerprint density at radius 3 is 2.30 bits per heavy atom. The molecule has 0 radical (unpaired) electrons. The van der Waals surface area contributed by atoms with Gasteiger partial charge in [-0.15, -0.1) is 12.4 Å². The van der Waals surface area contributed by atoms with Gasteiger partial charge in [-0.2, -0.15) is 5.26 Å². The van der Waals surface area contributed by atoms with Gasteiger partial charge in [-0.1, -0.05) is 54.6 Å². The lowest BCUT2D eigenvalue weighted by molar-refractivity contribution is 0.234. The summed E-state index contributed by atoms with van der Waals surface area (Å²) in [7, 11) is 0. The molecule has 4 aromatic rings. The third-order valence-corrected chi connectivity index (χ3v) is 6.95. The van der Waals surface area contributed by atoms with E-state index in [4.69, 9.17) is 9.15 Å². The lowest BCUT2D eigenvalue weighted by Gasteiger charge is -2.35. The second-order valence-electron chi connectivity index (χ2n) is 8.74. The number of halogens is 1. The molecule has 4 nitrogen and oxygen atoms in total. The predicted molar refractivity (Wildman–Crippen MR) is 131 cm³/mol. The maximum atomic E-state index is 10.5. The summed E-state index contributed by atoms with van der Waals surface area (Å²) >= 11 is 0. The molecule has 0 unspecified atom stereocenters. The van der Waals surface area contributed by atoms with Crippen molar-refractivity contribution in [1.29, 1.82) is 5.26 Å². The Kier molecular flexibility index (Phi) is 5.62. The molecule has 0 fully saturated rings. The first-order chi connectivity index (χ1) is 15.8. The van der Waals surface area contributed by atoms with Crippen LogP contribution in [-0.4, -0.2) is 18.0 Å². The molecule has 0 saturated carbocycles. The van der Waals surface area contributed by atoms with E-state index in [1.165, 1.54) is 10.9 Å². The van der Waals surface area contributed by atoms with Crippen LogP contribution >= 0.6 is 12.4 Å². The Labute approximate surface area is 199 Å². The molecule has 0 bridgehead atoms. The molecule has 0 aliphatic carbocycles. The Morgan fingerprint density at radius 2 is 1.58 bits per heavy atom. The topological polar surface area (TPSA) is 49.4 Å². The van der Waals surface area contributed by atoms with Crippen LogP contribution in [0.1, 0.15) is 35.3 Å². The number of benzene rings is 3. The van der Waals surface area contributed by atoms with Gasteiger partial charge >= 0.3 is 0 Å². The second kappa shape index (κ2) is 8.59. The number of furan rings is 1. The van der Waals surface area contributed by atoms with Crippen molar-refractivity contribution >= 4 is 23.4 Å². The van der Waals surface area contributed by atoms with Gasteiger partial charge in [-0.05, 0) is 37.6 Å². The number of ether oxygens (including phenoxy) is 1. The minimum Gasteiger partial charge on any atom is -0.461 e. The largest absolute Gasteiger partial charge is 0.461 e. The van der Waals surface area contributed by atoms with Crippen molar-refractivity contribution in [2.75, 3.05) is 13.1 Å². The van der Waals surface area contributed by atoms with Crippen molar-refractivity contribution in [3.63, 3.8) is 0 Å². The van der Waals surface area contributed by atoms with Crippen LogP contribution in [0.4, 0.5) is 0 Å². The van der Waals surface area contributed by atoms with E-state index in [0.717, 1.165) is 72.9 Å². The highest BCUT2D eigenvalue weighted by Gasteiger charge is 2.42. The summed E-state index contributed by atoms with van der Waals surface area (Å²) in [4.78, 5) is 2.49. The summed E-state index contributed by atoms with van der Waals surface area (Å²) in [6.07, 6.45) is 2.63. The SMILES string of the molecule is Cl.N#CC1(CCCN2CCc3oc4ccccc4c3C2)c2ccccc2Oc2ccccc21. The molecule has 3 heterocycles. The van der Waals surface area contributed by atoms with Gasteiger partial charge < -0.3 is 9.15 Å². The first kappa shape index (κ1) is 21.6. The molecular formula is C28H25ClN2O2. The monoisotopic (exact) mass is 456 g/mol. The molecule has 33 heavy (non-hydrogen) atoms. The molecule has 0 amide bonds. The number of para-hydroxylation sites is 3. The lowest BCUT2D eigenvalue weighted by Crippen LogP contribution is -2.34. The van der Waals surface area contributed by atoms with E-state index in [-0.39, 0.29) is 12.4 Å². The van der Waals surface area contributed by atoms with E-state index in [1.54, 1.807) is 0 Å². The van der Waals surface area contributed by atoms with E-state index in [2.05, 4.69) is 29.2 Å². The molecule has 0 N–H and O–H groups in total. The van der Waals surface area contributed by atoms with Crippen molar-refractivity contribution in [1.82, 2.24) is 4.90 Å². The van der Waals surface area contributed by atoms with Crippen LogP contribution < -0.4 is 4.74 Å². The van der Waals surface area contributed by atoms with E-state index < -0.39 is 5.41 Å². The van der Waals surface area contributed by atoms with Crippen LogP contribution in [-0.2, 0) is 18.4 Å². The predicted octanol–water partition coefficient (Wildman–Crippen LogP) is 6.61. The van der Waals surface area contributed by atoms with Crippen LogP contribution in [0.3, 0.4) is 0 Å². The second-order valence-corrected chi connectivity index (χ2v) is 8.74. The Hall–Kier alpha value is -3.26. The Morgan fingerprint density at radius 1 is 0.909 bits per heavy atom. The van der Waals surface area contributed by atoms with Gasteiger partial charge in [0.15, 0.2) is 0 Å². The Balaban J connectivity index is 0.00000228. The van der Waals surface area contributed by atoms with Crippen molar-refractivity contribution in [3.05, 3.63) is 95.2 Å². The summed E-state index contributed by atoms with van der Waals surface area (Å²) in [5.74, 6) is 2.71. The summed E-state index contributed by atoms with van der Waals surface area (Å²) in [6, 6.07) is 26.9. The molecule has 6 rings (SSSR count). The highest BCUT2D eigenvalue weighted by molar-refractivity contribution is 5.85. The standard InChI is InChI=1S/C28H24N2O2.ClH/c29-19-28(22-9-2-5-12-26(22)32-27-13-6-3-10-23(27)28)15-7-16-30-17-14-25-21(18-30)20-8-1-4-11-24(20)31-25;/h1-6,8-13H,7,14-18H2;1H. The molecule has 166 valence electrons. The van der Waals surface area contributed by atoms with Gasteiger partial charge in [-0.3, -0.25) is 4.90 Å². The fourth-order valence-electron chi connectivity index (χ4n) is 5.37. The molecule has 3 aromatic carbocycles. The quantitative estimate of drug-likeness (QED) is 0.346. The number of nitriles is 1. The van der Waals surface area contributed by atoms with Crippen LogP contribution in [0, 0.1) is 11.3 Å². The minimum atomic E-state index is -0.686. The first-order valence-electron chi connectivity index (χ1n) is 11.3. The van der Waals surface area contributed by atoms with E-state index in [0.29, 0.717) is 0 Å². The van der Waals surface area contributed by atoms with Gasteiger partial charge in [0.05, 0.1) is 6.07 Å². The van der Waals surface area contributed by atoms with Crippen molar-refractivity contribution in [2.45, 2.75) is 31.2 Å². The number of hydrogen-bond acceptors (Lipinski definition) is 4. The average molecular weight is 457 g/mol. The number of hydrogen-bond donors (Lipinski definition) is 0. The van der Waals surface area contributed by atoms with Crippen molar-refractivity contribution in [3.8, 4) is 17.6 Å². The molecular weight excluding hydrogens is 432 g/mol. The molecule has 2 aliphatic heterocycles. The highest BCUT2D eigenvalue weighted by atomic mass is 35.5. The summed E-state index contributed by atoms with van der Waals surface area (Å²) in [5, 5.41) is 11.7. The average Bonchev–Trinajstić information content (AvgIpc) is 3.21. The third-order valence-electron chi connectivity index (χ3n) is 6.95. The zero-order valence-corrected chi connectivity index (χ0v) is 19.1. The molecule has 2 aliphatic rings. The molecule has 0 atom stereocenters. The fraction of sp³-hybridized carbons (Fsp3) is 0.250. The number of rotatable bonds is 4. The van der Waals surface area contributed by atoms with E-state index in [1.807, 2.05) is 54.6 Å². The summed E-state index contributed by atoms with van der Waals surface area (Å²) in [6.45, 7) is 2.85. The smallest absolute Gasteiger partial charge is 0.134 e. The maximum Gasteiger partial charge on any atom is 0.134 e. The van der Waals surface area contributed by atoms with Gasteiger partial charge in [0, 0.05) is 41.6 Å². The van der Waals surface area contributed by atoms with Crippen molar-refractivity contribution in [2.24, 2.45) is 0 Å². The van der Waals surface area contributed by atoms with E-state index in [9.17, 15) is 5.26 Å². The van der Waals surface area contributed by atoms with Crippen LogP contribution in [0.15, 0.2) is 77.2 Å². The normalized spacial score (nSPS) is 16.0. The zero-order valence-electron chi connectivity index (χ0n) is 18.3. The molecule has 5 heteroatoms. The van der Waals surface area contributed by atoms with E-state index >= 15 is 0 Å². The van der Waals surface area contributed by atoms with Gasteiger partial charge in [0.25, 0.3) is 0 Å². The third kappa shape index (κ3) is 3.49. The minimum absolute atomic E-state index is 0. The zero-order chi connectivity index (χ0) is 21.5. The summed E-state index contributed by atoms with van der Waals surface area (Å²) in [5.41, 5.74) is 3.57. The first-order valence-corrected chi connectivity index (χ1v) is 11.3. The Bertz CT molecular complexity index is 1310. The van der Waals surface area contributed by atoms with Gasteiger partial charge in [0.1, 0.15) is 28.3 Å². The lowest BCUT2D eigenvalue weighted by atomic mass is 9.70. The molecule has 0 spiro atoms. The van der Waals surface area contributed by atoms with Crippen LogP contribution in [0.2, 0.25) is 0 Å². The van der Waals surface area contributed by atoms with Gasteiger partial charge in [-0.25, -0.2) is 0 Å². The van der Waals surface area contributed by atoms with Crippen molar-refractivity contribution < 1.29 is 9.15 Å². The van der Waals surface area contributed by atoms with Gasteiger partial charge in [0.2, 0.25) is 0 Å². The van der Waals surface area contributed by atoms with Crippen LogP contribution in [0.5, 0.6) is 11.5 Å². The highest BCUT2D eigenvalue weighted by Crippen LogP contribution is 2.50. The maximum absolute atomic E-state index is 10.5. The fourth-order valence-corrected chi connectivity index (χ4v) is 5.37. The number of nitrogens with zero attached hydrogens (tertiary/aromatic N) is 2. The number of fused-ring (bicyclic) bond motifs is 5.